The molecule has 0 aromatic heterocycles. The molecule has 2 aliphatic rings. The van der Waals surface area contributed by atoms with Gasteiger partial charge in [-0.3, -0.25) is 4.79 Å². The summed E-state index contributed by atoms with van der Waals surface area (Å²) in [5, 5.41) is 12.5. The van der Waals surface area contributed by atoms with E-state index >= 15 is 0 Å². The van der Waals surface area contributed by atoms with Crippen molar-refractivity contribution in [1.29, 1.82) is 0 Å². The zero-order valence-electron chi connectivity index (χ0n) is 11.3. The van der Waals surface area contributed by atoms with Gasteiger partial charge >= 0.3 is 12.0 Å². The standard InChI is InChI=1S/C13H22N2O3S/c1-9-7-15(8-11(9)12(16)17)13(18)14-6-10-4-2-3-5-19-10/h9-11H,2-8H2,1H3,(H,14,18)(H,16,17)/t9-,10?,11-/m1/s1. The van der Waals surface area contributed by atoms with Crippen LogP contribution in [0.5, 0.6) is 0 Å². The highest BCUT2D eigenvalue weighted by atomic mass is 32.2. The van der Waals surface area contributed by atoms with Gasteiger partial charge in [-0.1, -0.05) is 13.3 Å². The minimum absolute atomic E-state index is 0.0345. The normalized spacial score (nSPS) is 31.2. The Balaban J connectivity index is 1.76. The summed E-state index contributed by atoms with van der Waals surface area (Å²) in [6.45, 7) is 3.47. The van der Waals surface area contributed by atoms with Gasteiger partial charge in [0.05, 0.1) is 5.92 Å². The summed E-state index contributed by atoms with van der Waals surface area (Å²) in [5.74, 6) is -0.00436. The van der Waals surface area contributed by atoms with E-state index in [2.05, 4.69) is 5.32 Å². The molecule has 1 unspecified atom stereocenters. The molecule has 2 N–H and O–H groups in total. The molecule has 0 radical (unpaired) electrons. The van der Waals surface area contributed by atoms with E-state index in [0.29, 0.717) is 24.9 Å². The SMILES string of the molecule is C[C@@H]1CN(C(=O)NCC2CCCCS2)C[C@H]1C(=O)O. The molecule has 2 amide bonds. The Morgan fingerprint density at radius 3 is 2.74 bits per heavy atom. The molecule has 2 fully saturated rings. The van der Waals surface area contributed by atoms with E-state index in [1.165, 1.54) is 25.0 Å². The molecule has 2 saturated heterocycles. The molecule has 0 aliphatic carbocycles. The second kappa shape index (κ2) is 6.50. The molecule has 2 aliphatic heterocycles. The Labute approximate surface area is 118 Å². The Hall–Kier alpha value is -0.910. The molecule has 0 bridgehead atoms. The summed E-state index contributed by atoms with van der Waals surface area (Å²) >= 11 is 1.93. The maximum Gasteiger partial charge on any atom is 0.317 e. The number of nitrogens with one attached hydrogen (secondary N) is 1. The van der Waals surface area contributed by atoms with Gasteiger partial charge in [-0.05, 0) is 24.5 Å². The number of likely N-dealkylation sites (tertiary alicyclic amines) is 1. The molecule has 0 saturated carbocycles. The van der Waals surface area contributed by atoms with Crippen molar-refractivity contribution in [2.75, 3.05) is 25.4 Å². The maximum absolute atomic E-state index is 12.0. The van der Waals surface area contributed by atoms with Gasteiger partial charge in [-0.25, -0.2) is 4.79 Å². The third kappa shape index (κ3) is 3.78. The maximum atomic E-state index is 12.0. The fourth-order valence-electron chi connectivity index (χ4n) is 2.74. The number of nitrogens with zero attached hydrogens (tertiary/aromatic N) is 1. The molecule has 108 valence electrons. The number of carboxylic acid groups (broad SMARTS) is 1. The first-order valence-corrected chi connectivity index (χ1v) is 8.00. The number of thioether (sulfide) groups is 1. The number of rotatable bonds is 3. The van der Waals surface area contributed by atoms with Gasteiger partial charge in [0.2, 0.25) is 0 Å². The van der Waals surface area contributed by atoms with E-state index in [4.69, 9.17) is 5.11 Å². The van der Waals surface area contributed by atoms with Gasteiger partial charge < -0.3 is 15.3 Å². The first-order chi connectivity index (χ1) is 9.08. The predicted octanol–water partition coefficient (Wildman–Crippen LogP) is 1.63. The van der Waals surface area contributed by atoms with E-state index in [1.807, 2.05) is 18.7 Å². The molecule has 6 heteroatoms. The fourth-order valence-corrected chi connectivity index (χ4v) is 3.97. The first-order valence-electron chi connectivity index (χ1n) is 6.95. The Kier molecular flexibility index (Phi) is 4.96. The lowest BCUT2D eigenvalue weighted by Crippen LogP contribution is -2.42. The van der Waals surface area contributed by atoms with E-state index in [9.17, 15) is 9.59 Å². The smallest absolute Gasteiger partial charge is 0.317 e. The van der Waals surface area contributed by atoms with Crippen molar-refractivity contribution in [3.8, 4) is 0 Å². The third-order valence-corrected chi connectivity index (χ3v) is 5.37. The van der Waals surface area contributed by atoms with Crippen LogP contribution in [0.4, 0.5) is 4.79 Å². The van der Waals surface area contributed by atoms with Crippen LogP contribution in [0.25, 0.3) is 0 Å². The first kappa shape index (κ1) is 14.5. The molecule has 2 rings (SSSR count). The topological polar surface area (TPSA) is 69.6 Å². The Morgan fingerprint density at radius 2 is 2.16 bits per heavy atom. The van der Waals surface area contributed by atoms with Crippen molar-refractivity contribution in [2.45, 2.75) is 31.4 Å². The fraction of sp³-hybridized carbons (Fsp3) is 0.846. The molecule has 19 heavy (non-hydrogen) atoms. The largest absolute Gasteiger partial charge is 0.481 e. The van der Waals surface area contributed by atoms with Gasteiger partial charge in [0.25, 0.3) is 0 Å². The van der Waals surface area contributed by atoms with Crippen LogP contribution in [-0.2, 0) is 4.79 Å². The lowest BCUT2D eigenvalue weighted by molar-refractivity contribution is -0.142. The van der Waals surface area contributed by atoms with Crippen molar-refractivity contribution < 1.29 is 14.7 Å². The van der Waals surface area contributed by atoms with Crippen LogP contribution in [0.1, 0.15) is 26.2 Å². The number of hydrogen-bond acceptors (Lipinski definition) is 3. The van der Waals surface area contributed by atoms with Crippen molar-refractivity contribution >= 4 is 23.8 Å². The monoisotopic (exact) mass is 286 g/mol. The van der Waals surface area contributed by atoms with Crippen LogP contribution >= 0.6 is 11.8 Å². The van der Waals surface area contributed by atoms with Crippen LogP contribution < -0.4 is 5.32 Å². The van der Waals surface area contributed by atoms with Crippen LogP contribution in [-0.4, -0.2) is 52.6 Å². The molecular formula is C13H22N2O3S. The summed E-state index contributed by atoms with van der Waals surface area (Å²) in [5.41, 5.74) is 0. The predicted molar refractivity (Wildman–Crippen MR) is 75.4 cm³/mol. The van der Waals surface area contributed by atoms with Gasteiger partial charge in [0.1, 0.15) is 0 Å². The van der Waals surface area contributed by atoms with Crippen molar-refractivity contribution in [3.05, 3.63) is 0 Å². The average Bonchev–Trinajstić information content (AvgIpc) is 2.79. The number of hydrogen-bond donors (Lipinski definition) is 2. The lowest BCUT2D eigenvalue weighted by Gasteiger charge is -2.23. The number of amides is 2. The highest BCUT2D eigenvalue weighted by Gasteiger charge is 2.36. The second-order valence-corrected chi connectivity index (χ2v) is 6.91. The number of carboxylic acids is 1. The van der Waals surface area contributed by atoms with Crippen LogP contribution in [0.3, 0.4) is 0 Å². The van der Waals surface area contributed by atoms with E-state index in [1.54, 1.807) is 4.90 Å². The highest BCUT2D eigenvalue weighted by Crippen LogP contribution is 2.25. The van der Waals surface area contributed by atoms with Crippen molar-refractivity contribution in [2.24, 2.45) is 11.8 Å². The molecule has 2 heterocycles. The van der Waals surface area contributed by atoms with Crippen LogP contribution in [0, 0.1) is 11.8 Å². The summed E-state index contributed by atoms with van der Waals surface area (Å²) < 4.78 is 0. The zero-order valence-corrected chi connectivity index (χ0v) is 12.1. The number of urea groups is 1. The third-order valence-electron chi connectivity index (χ3n) is 3.97. The number of carbonyl (C=O) groups excluding carboxylic acids is 1. The molecule has 0 spiro atoms. The van der Waals surface area contributed by atoms with Gasteiger partial charge in [0, 0.05) is 24.9 Å². The minimum Gasteiger partial charge on any atom is -0.481 e. The van der Waals surface area contributed by atoms with Crippen molar-refractivity contribution in [1.82, 2.24) is 10.2 Å². The minimum atomic E-state index is -0.800. The molecule has 5 nitrogen and oxygen atoms in total. The van der Waals surface area contributed by atoms with Crippen LogP contribution in [0.2, 0.25) is 0 Å². The highest BCUT2D eigenvalue weighted by molar-refractivity contribution is 7.99. The summed E-state index contributed by atoms with van der Waals surface area (Å²) in [7, 11) is 0. The Morgan fingerprint density at radius 1 is 1.37 bits per heavy atom. The average molecular weight is 286 g/mol. The van der Waals surface area contributed by atoms with Gasteiger partial charge in [-0.15, -0.1) is 0 Å². The van der Waals surface area contributed by atoms with Crippen LogP contribution in [0.15, 0.2) is 0 Å². The second-order valence-electron chi connectivity index (χ2n) is 5.50. The van der Waals surface area contributed by atoms with Gasteiger partial charge in [-0.2, -0.15) is 11.8 Å². The molecule has 0 aromatic carbocycles. The van der Waals surface area contributed by atoms with E-state index in [-0.39, 0.29) is 11.9 Å². The Bertz CT molecular complexity index is 345. The molecule has 0 aromatic rings. The van der Waals surface area contributed by atoms with Gasteiger partial charge in [0.15, 0.2) is 0 Å². The summed E-state index contributed by atoms with van der Waals surface area (Å²) in [6, 6.07) is -0.109. The van der Waals surface area contributed by atoms with E-state index in [0.717, 1.165) is 0 Å². The summed E-state index contributed by atoms with van der Waals surface area (Å²) in [4.78, 5) is 24.7. The quantitative estimate of drug-likeness (QED) is 0.827. The summed E-state index contributed by atoms with van der Waals surface area (Å²) in [6.07, 6.45) is 3.69. The molecular weight excluding hydrogens is 264 g/mol. The molecule has 3 atom stereocenters. The number of carbonyl (C=O) groups is 2. The lowest BCUT2D eigenvalue weighted by atomic mass is 9.99. The van der Waals surface area contributed by atoms with Crippen molar-refractivity contribution in [3.63, 3.8) is 0 Å². The zero-order chi connectivity index (χ0) is 13.8. The van der Waals surface area contributed by atoms with E-state index < -0.39 is 11.9 Å². The number of aliphatic carboxylic acids is 1.